The molecule has 0 aliphatic carbocycles. The molecule has 0 spiro atoms. The molecule has 1 aliphatic rings. The molecule has 1 atom stereocenters. The standard InChI is InChI=1S/C23H22O4/c1-23(2)26-21(24)20(22(25)27-23)19(18-14-7-4-8-15-18)16-10-9-13-17-11-5-3-6-12-17/h3-8,11-12,14-15,19-20H,9,13H2,1-2H3. The van der Waals surface area contributed by atoms with Gasteiger partial charge in [0.15, 0.2) is 5.92 Å². The van der Waals surface area contributed by atoms with E-state index in [0.29, 0.717) is 6.42 Å². The van der Waals surface area contributed by atoms with Crippen LogP contribution in [0.25, 0.3) is 0 Å². The zero-order valence-electron chi connectivity index (χ0n) is 15.5. The predicted octanol–water partition coefficient (Wildman–Crippen LogP) is 3.86. The molecule has 2 aromatic carbocycles. The van der Waals surface area contributed by atoms with Crippen LogP contribution in [0.5, 0.6) is 0 Å². The molecule has 2 aromatic rings. The number of aryl methyl sites for hydroxylation is 1. The van der Waals surface area contributed by atoms with E-state index in [1.165, 1.54) is 5.56 Å². The third-order valence-corrected chi connectivity index (χ3v) is 4.33. The van der Waals surface area contributed by atoms with Crippen LogP contribution in [-0.2, 0) is 25.5 Å². The summed E-state index contributed by atoms with van der Waals surface area (Å²) in [4.78, 5) is 25.0. The maximum atomic E-state index is 12.5. The van der Waals surface area contributed by atoms with Crippen molar-refractivity contribution in [3.8, 4) is 11.8 Å². The molecule has 138 valence electrons. The van der Waals surface area contributed by atoms with Crippen molar-refractivity contribution in [2.24, 2.45) is 5.92 Å². The number of rotatable bonds is 4. The Morgan fingerprint density at radius 3 is 2.07 bits per heavy atom. The molecule has 1 heterocycles. The van der Waals surface area contributed by atoms with Gasteiger partial charge in [-0.15, -0.1) is 5.92 Å². The highest BCUT2D eigenvalue weighted by Crippen LogP contribution is 2.33. The van der Waals surface area contributed by atoms with E-state index < -0.39 is 29.6 Å². The molecule has 0 saturated carbocycles. The van der Waals surface area contributed by atoms with Crippen molar-refractivity contribution in [3.63, 3.8) is 0 Å². The molecule has 27 heavy (non-hydrogen) atoms. The van der Waals surface area contributed by atoms with Crippen LogP contribution in [0.1, 0.15) is 37.3 Å². The molecule has 4 heteroatoms. The van der Waals surface area contributed by atoms with E-state index in [-0.39, 0.29) is 0 Å². The zero-order chi connectivity index (χ0) is 19.3. The van der Waals surface area contributed by atoms with Gasteiger partial charge in [-0.3, -0.25) is 9.59 Å². The highest BCUT2D eigenvalue weighted by Gasteiger charge is 2.47. The average molecular weight is 362 g/mol. The maximum absolute atomic E-state index is 12.5. The van der Waals surface area contributed by atoms with Gasteiger partial charge in [-0.05, 0) is 17.5 Å². The molecular weight excluding hydrogens is 340 g/mol. The Labute approximate surface area is 159 Å². The van der Waals surface area contributed by atoms with Crippen molar-refractivity contribution in [1.82, 2.24) is 0 Å². The molecule has 0 aromatic heterocycles. The van der Waals surface area contributed by atoms with Gasteiger partial charge in [0.05, 0.1) is 5.92 Å². The lowest BCUT2D eigenvalue weighted by Gasteiger charge is -2.34. The first kappa shape index (κ1) is 18.7. The molecule has 1 unspecified atom stereocenters. The Kier molecular flexibility index (Phi) is 5.61. The van der Waals surface area contributed by atoms with Crippen LogP contribution in [0.15, 0.2) is 60.7 Å². The quantitative estimate of drug-likeness (QED) is 0.471. The van der Waals surface area contributed by atoms with Gasteiger partial charge in [-0.25, -0.2) is 0 Å². The lowest BCUT2D eigenvalue weighted by molar-refractivity contribution is -0.240. The summed E-state index contributed by atoms with van der Waals surface area (Å²) < 4.78 is 10.6. The highest BCUT2D eigenvalue weighted by molar-refractivity contribution is 5.98. The topological polar surface area (TPSA) is 52.6 Å². The monoisotopic (exact) mass is 362 g/mol. The maximum Gasteiger partial charge on any atom is 0.325 e. The second-order valence-electron chi connectivity index (χ2n) is 6.91. The summed E-state index contributed by atoms with van der Waals surface area (Å²) in [5.74, 6) is 2.13. The molecule has 0 bridgehead atoms. The Morgan fingerprint density at radius 2 is 1.48 bits per heavy atom. The molecular formula is C23H22O4. The summed E-state index contributed by atoms with van der Waals surface area (Å²) in [7, 11) is 0. The summed E-state index contributed by atoms with van der Waals surface area (Å²) in [6, 6.07) is 19.4. The molecule has 1 aliphatic heterocycles. The largest absolute Gasteiger partial charge is 0.422 e. The highest BCUT2D eigenvalue weighted by atomic mass is 16.7. The fourth-order valence-electron chi connectivity index (χ4n) is 3.05. The average Bonchev–Trinajstić information content (AvgIpc) is 2.63. The van der Waals surface area contributed by atoms with Crippen molar-refractivity contribution in [1.29, 1.82) is 0 Å². The van der Waals surface area contributed by atoms with Crippen molar-refractivity contribution < 1.29 is 19.1 Å². The minimum Gasteiger partial charge on any atom is -0.422 e. The number of carbonyl (C=O) groups is 2. The van der Waals surface area contributed by atoms with Crippen LogP contribution in [0.4, 0.5) is 0 Å². The van der Waals surface area contributed by atoms with Gasteiger partial charge in [0.2, 0.25) is 0 Å². The van der Waals surface area contributed by atoms with Crippen molar-refractivity contribution in [2.75, 3.05) is 0 Å². The smallest absolute Gasteiger partial charge is 0.325 e. The normalized spacial score (nSPS) is 17.3. The van der Waals surface area contributed by atoms with Crippen LogP contribution in [0.2, 0.25) is 0 Å². The summed E-state index contributed by atoms with van der Waals surface area (Å²) >= 11 is 0. The molecule has 3 rings (SSSR count). The van der Waals surface area contributed by atoms with Gasteiger partial charge in [-0.1, -0.05) is 66.6 Å². The van der Waals surface area contributed by atoms with Crippen LogP contribution in [0.3, 0.4) is 0 Å². The first-order valence-corrected chi connectivity index (χ1v) is 8.99. The number of hydrogen-bond donors (Lipinski definition) is 0. The van der Waals surface area contributed by atoms with E-state index in [1.54, 1.807) is 13.8 Å². The van der Waals surface area contributed by atoms with E-state index >= 15 is 0 Å². The minimum absolute atomic E-state index is 0.595. The van der Waals surface area contributed by atoms with Gasteiger partial charge in [0, 0.05) is 20.3 Å². The molecule has 0 N–H and O–H groups in total. The number of benzene rings is 2. The lowest BCUT2D eigenvalue weighted by atomic mass is 9.85. The fraction of sp³-hybridized carbons (Fsp3) is 0.304. The predicted molar refractivity (Wildman–Crippen MR) is 101 cm³/mol. The lowest BCUT2D eigenvalue weighted by Crippen LogP contribution is -2.48. The second kappa shape index (κ2) is 8.09. The van der Waals surface area contributed by atoms with E-state index in [0.717, 1.165) is 12.0 Å². The third-order valence-electron chi connectivity index (χ3n) is 4.33. The van der Waals surface area contributed by atoms with Crippen LogP contribution in [0, 0.1) is 17.8 Å². The number of ether oxygens (including phenoxy) is 2. The van der Waals surface area contributed by atoms with Gasteiger partial charge in [0.1, 0.15) is 0 Å². The molecule has 0 amide bonds. The number of carbonyl (C=O) groups excluding carboxylic acids is 2. The van der Waals surface area contributed by atoms with Crippen LogP contribution >= 0.6 is 0 Å². The number of cyclic esters (lactones) is 2. The Morgan fingerprint density at radius 1 is 0.926 bits per heavy atom. The fourth-order valence-corrected chi connectivity index (χ4v) is 3.05. The van der Waals surface area contributed by atoms with Crippen LogP contribution < -0.4 is 0 Å². The molecule has 1 fully saturated rings. The van der Waals surface area contributed by atoms with E-state index in [9.17, 15) is 9.59 Å². The zero-order valence-corrected chi connectivity index (χ0v) is 15.5. The van der Waals surface area contributed by atoms with E-state index in [4.69, 9.17) is 9.47 Å². The van der Waals surface area contributed by atoms with Gasteiger partial charge >= 0.3 is 11.9 Å². The molecule has 4 nitrogen and oxygen atoms in total. The van der Waals surface area contributed by atoms with Gasteiger partial charge < -0.3 is 9.47 Å². The second-order valence-corrected chi connectivity index (χ2v) is 6.91. The molecule has 0 radical (unpaired) electrons. The van der Waals surface area contributed by atoms with Gasteiger partial charge in [0.25, 0.3) is 5.79 Å². The van der Waals surface area contributed by atoms with E-state index in [1.807, 2.05) is 60.7 Å². The van der Waals surface area contributed by atoms with Crippen molar-refractivity contribution in [3.05, 3.63) is 71.8 Å². The van der Waals surface area contributed by atoms with E-state index in [2.05, 4.69) is 11.8 Å². The first-order chi connectivity index (χ1) is 13.0. The SMILES string of the molecule is CC1(C)OC(=O)C(C(C#CCCc2ccccc2)c2ccccc2)C(=O)O1. The number of esters is 2. The Balaban J connectivity index is 1.81. The third kappa shape index (κ3) is 4.77. The Hall–Kier alpha value is -3.06. The minimum atomic E-state index is -1.24. The first-order valence-electron chi connectivity index (χ1n) is 8.99. The van der Waals surface area contributed by atoms with Gasteiger partial charge in [-0.2, -0.15) is 0 Å². The summed E-state index contributed by atoms with van der Waals surface area (Å²) in [5, 5.41) is 0. The molecule has 1 saturated heterocycles. The Bertz CT molecular complexity index is 840. The van der Waals surface area contributed by atoms with Crippen molar-refractivity contribution in [2.45, 2.75) is 38.4 Å². The van der Waals surface area contributed by atoms with Crippen molar-refractivity contribution >= 4 is 11.9 Å². The summed E-state index contributed by atoms with van der Waals surface area (Å²) in [6.45, 7) is 3.09. The number of hydrogen-bond acceptors (Lipinski definition) is 4. The summed E-state index contributed by atoms with van der Waals surface area (Å²) in [6.07, 6.45) is 1.44. The van der Waals surface area contributed by atoms with Crippen LogP contribution in [-0.4, -0.2) is 17.7 Å². The summed E-state index contributed by atoms with van der Waals surface area (Å²) in [5.41, 5.74) is 1.99.